The van der Waals surface area contributed by atoms with E-state index in [1.54, 1.807) is 41.6 Å². The number of para-hydroxylation sites is 2. The molecule has 0 spiro atoms. The van der Waals surface area contributed by atoms with E-state index < -0.39 is 19.9 Å². The third-order valence-electron chi connectivity index (χ3n) is 4.63. The lowest BCUT2D eigenvalue weighted by Gasteiger charge is -2.26. The van der Waals surface area contributed by atoms with Crippen LogP contribution in [0.3, 0.4) is 0 Å². The van der Waals surface area contributed by atoms with Crippen molar-refractivity contribution in [3.05, 3.63) is 41.8 Å². The highest BCUT2D eigenvalue weighted by Crippen LogP contribution is 2.30. The van der Waals surface area contributed by atoms with E-state index >= 15 is 0 Å². The predicted molar refractivity (Wildman–Crippen MR) is 110 cm³/mol. The number of hydrogen-bond acceptors (Lipinski definition) is 8. The van der Waals surface area contributed by atoms with Crippen molar-refractivity contribution in [2.24, 2.45) is 0 Å². The summed E-state index contributed by atoms with van der Waals surface area (Å²) < 4.78 is 51.9. The van der Waals surface area contributed by atoms with E-state index in [2.05, 4.69) is 14.7 Å². The molecular formula is C17H18N4O4S3. The highest BCUT2D eigenvalue weighted by atomic mass is 32.2. The molecule has 4 rings (SSSR count). The molecule has 28 heavy (non-hydrogen) atoms. The minimum Gasteiger partial charge on any atom is -0.353 e. The zero-order valence-electron chi connectivity index (χ0n) is 14.9. The largest absolute Gasteiger partial charge is 0.353 e. The Labute approximate surface area is 167 Å². The number of fused-ring (bicyclic) bond motifs is 1. The van der Waals surface area contributed by atoms with Gasteiger partial charge in [0.05, 0.1) is 22.5 Å². The van der Waals surface area contributed by atoms with Crippen LogP contribution in [0.5, 0.6) is 0 Å². The molecule has 8 nitrogen and oxygen atoms in total. The Bertz CT molecular complexity index is 1220. The molecule has 1 aromatic carbocycles. The Kier molecular flexibility index (Phi) is 4.76. The summed E-state index contributed by atoms with van der Waals surface area (Å²) >= 11 is 1.10. The van der Waals surface area contributed by atoms with Crippen LogP contribution in [0.25, 0.3) is 11.0 Å². The van der Waals surface area contributed by atoms with Crippen LogP contribution < -0.4 is 9.62 Å². The van der Waals surface area contributed by atoms with Crippen molar-refractivity contribution in [2.75, 3.05) is 28.2 Å². The highest BCUT2D eigenvalue weighted by Gasteiger charge is 2.33. The van der Waals surface area contributed by atoms with Crippen molar-refractivity contribution in [1.82, 2.24) is 9.97 Å². The summed E-state index contributed by atoms with van der Waals surface area (Å²) in [7, 11) is -5.21. The van der Waals surface area contributed by atoms with Gasteiger partial charge >= 0.3 is 0 Å². The number of rotatable bonds is 5. The molecule has 0 bridgehead atoms. The number of sulfone groups is 1. The Hall–Kier alpha value is -2.24. The molecule has 148 valence electrons. The van der Waals surface area contributed by atoms with Crippen molar-refractivity contribution in [2.45, 2.75) is 16.7 Å². The topological polar surface area (TPSA) is 109 Å². The molecule has 11 heteroatoms. The number of anilines is 2. The van der Waals surface area contributed by atoms with Crippen LogP contribution >= 0.6 is 11.3 Å². The van der Waals surface area contributed by atoms with Crippen LogP contribution in [-0.2, 0) is 19.9 Å². The molecule has 1 aliphatic rings. The van der Waals surface area contributed by atoms with Crippen LogP contribution in [0, 0.1) is 0 Å². The summed E-state index contributed by atoms with van der Waals surface area (Å²) in [5.41, 5.74) is 1.15. The fourth-order valence-corrected chi connectivity index (χ4v) is 6.92. The molecular weight excluding hydrogens is 420 g/mol. The zero-order valence-corrected chi connectivity index (χ0v) is 17.4. The fourth-order valence-electron chi connectivity index (χ4n) is 3.15. The molecule has 3 heterocycles. The second-order valence-electron chi connectivity index (χ2n) is 6.59. The molecule has 1 atom stereocenters. The minimum atomic E-state index is -3.82. The number of nitrogens with one attached hydrogen (secondary N) is 1. The van der Waals surface area contributed by atoms with Gasteiger partial charge in [-0.15, -0.1) is 11.3 Å². The van der Waals surface area contributed by atoms with Crippen molar-refractivity contribution in [3.63, 3.8) is 0 Å². The summed E-state index contributed by atoms with van der Waals surface area (Å²) in [5, 5.41) is 1.68. The minimum absolute atomic E-state index is 0.00905. The lowest BCUT2D eigenvalue weighted by Crippen LogP contribution is -2.34. The molecule has 0 aliphatic carbocycles. The average Bonchev–Trinajstić information content (AvgIpc) is 3.30. The number of hydrogen-bond donors (Lipinski definition) is 1. The molecule has 1 saturated heterocycles. The molecule has 0 amide bonds. The van der Waals surface area contributed by atoms with E-state index in [9.17, 15) is 16.8 Å². The van der Waals surface area contributed by atoms with E-state index in [1.807, 2.05) is 6.07 Å². The summed E-state index contributed by atoms with van der Waals surface area (Å²) in [5.74, 6) is 0.508. The lowest BCUT2D eigenvalue weighted by molar-refractivity contribution is 0.599. The van der Waals surface area contributed by atoms with Crippen LogP contribution in [0.1, 0.15) is 6.42 Å². The summed E-state index contributed by atoms with van der Waals surface area (Å²) in [4.78, 5) is 10.7. The molecule has 0 radical (unpaired) electrons. The van der Waals surface area contributed by atoms with Crippen LogP contribution in [0.2, 0.25) is 0 Å². The highest BCUT2D eigenvalue weighted by molar-refractivity contribution is 7.94. The van der Waals surface area contributed by atoms with Crippen molar-refractivity contribution in [3.8, 4) is 0 Å². The number of aromatic nitrogens is 2. The van der Waals surface area contributed by atoms with Gasteiger partial charge in [0.1, 0.15) is 4.21 Å². The van der Waals surface area contributed by atoms with E-state index in [4.69, 9.17) is 0 Å². The van der Waals surface area contributed by atoms with Crippen molar-refractivity contribution < 1.29 is 16.8 Å². The molecule has 0 saturated carbocycles. The molecule has 1 aliphatic heterocycles. The smallest absolute Gasteiger partial charge is 0.272 e. The molecule has 2 aromatic heterocycles. The standard InChI is InChI=1S/C17H18N4O4S3/c1-21(12-8-10-27(22,23)11-12)17-16(18-13-5-2-3-6-14(13)19-17)20-28(24,25)15-7-4-9-26-15/h2-7,9,12H,8,10-11H2,1H3,(H,18,20)/t12-/m0/s1. The van der Waals surface area contributed by atoms with E-state index in [0.29, 0.717) is 23.3 Å². The first-order chi connectivity index (χ1) is 13.3. The number of thiophene rings is 1. The Balaban J connectivity index is 1.79. The van der Waals surface area contributed by atoms with E-state index in [-0.39, 0.29) is 27.6 Å². The van der Waals surface area contributed by atoms with E-state index in [1.165, 1.54) is 6.07 Å². The van der Waals surface area contributed by atoms with Gasteiger partial charge in [-0.2, -0.15) is 0 Å². The molecule has 1 N–H and O–H groups in total. The van der Waals surface area contributed by atoms with E-state index in [0.717, 1.165) is 11.3 Å². The van der Waals surface area contributed by atoms with Gasteiger partial charge < -0.3 is 4.90 Å². The van der Waals surface area contributed by atoms with Gasteiger partial charge in [0.25, 0.3) is 10.0 Å². The van der Waals surface area contributed by atoms with Crippen LogP contribution in [-0.4, -0.2) is 51.4 Å². The maximum absolute atomic E-state index is 12.7. The van der Waals surface area contributed by atoms with Gasteiger partial charge in [-0.25, -0.2) is 26.8 Å². The summed E-state index contributed by atoms with van der Waals surface area (Å²) in [6, 6.07) is 10.0. The zero-order chi connectivity index (χ0) is 19.9. The molecule has 3 aromatic rings. The third kappa shape index (κ3) is 3.69. The Morgan fingerprint density at radius 2 is 1.86 bits per heavy atom. The third-order valence-corrected chi connectivity index (χ3v) is 9.12. The van der Waals surface area contributed by atoms with Crippen LogP contribution in [0.15, 0.2) is 46.0 Å². The quantitative estimate of drug-likeness (QED) is 0.650. The number of nitrogens with zero attached hydrogens (tertiary/aromatic N) is 3. The van der Waals surface area contributed by atoms with Crippen molar-refractivity contribution >= 4 is 53.9 Å². The first-order valence-electron chi connectivity index (χ1n) is 8.51. The van der Waals surface area contributed by atoms with Crippen molar-refractivity contribution in [1.29, 1.82) is 0 Å². The Morgan fingerprint density at radius 3 is 2.46 bits per heavy atom. The maximum Gasteiger partial charge on any atom is 0.272 e. The number of benzene rings is 1. The first-order valence-corrected chi connectivity index (χ1v) is 12.7. The second kappa shape index (κ2) is 6.98. The van der Waals surface area contributed by atoms with Gasteiger partial charge in [-0.1, -0.05) is 18.2 Å². The normalized spacial score (nSPS) is 19.0. The fraction of sp³-hybridized carbons (Fsp3) is 0.294. The van der Waals surface area contributed by atoms with Gasteiger partial charge in [-0.05, 0) is 30.0 Å². The first kappa shape index (κ1) is 19.1. The number of sulfonamides is 1. The second-order valence-corrected chi connectivity index (χ2v) is 11.7. The predicted octanol–water partition coefficient (Wildman–Crippen LogP) is 2.12. The summed E-state index contributed by atoms with van der Waals surface area (Å²) in [6.45, 7) is 0. The Morgan fingerprint density at radius 1 is 1.14 bits per heavy atom. The molecule has 1 fully saturated rings. The maximum atomic E-state index is 12.7. The van der Waals surface area contributed by atoms with Gasteiger partial charge in [0, 0.05) is 13.1 Å². The average molecular weight is 439 g/mol. The SMILES string of the molecule is CN(c1nc2ccccc2nc1NS(=O)(=O)c1cccs1)[C@H]1CCS(=O)(=O)C1. The molecule has 0 unspecified atom stereocenters. The van der Waals surface area contributed by atoms with Gasteiger partial charge in [0.15, 0.2) is 21.5 Å². The van der Waals surface area contributed by atoms with Crippen LogP contribution in [0.4, 0.5) is 11.6 Å². The monoisotopic (exact) mass is 438 g/mol. The van der Waals surface area contributed by atoms with Gasteiger partial charge in [0.2, 0.25) is 0 Å². The van der Waals surface area contributed by atoms with Gasteiger partial charge in [-0.3, -0.25) is 4.72 Å². The summed E-state index contributed by atoms with van der Waals surface area (Å²) in [6.07, 6.45) is 0.463. The lowest BCUT2D eigenvalue weighted by atomic mass is 10.2.